The SMILES string of the molecule is C=C(F)C(C)C(CC)C1CCCCC1.CCC1C=C2CCCCC2CC1. The third-order valence-electron chi connectivity index (χ3n) is 7.52. The highest BCUT2D eigenvalue weighted by molar-refractivity contribution is 5.14. The van der Waals surface area contributed by atoms with Crippen LogP contribution in [-0.2, 0) is 0 Å². The lowest BCUT2D eigenvalue weighted by atomic mass is 9.73. The van der Waals surface area contributed by atoms with Crippen molar-refractivity contribution in [2.75, 3.05) is 0 Å². The maximum absolute atomic E-state index is 13.1. The standard InChI is InChI=1S/C13H23F.C12H20/c1-4-13(10(2)11(3)14)12-8-6-5-7-9-12;1-2-10-7-8-11-5-3-4-6-12(11)9-10/h10,12-13H,3-9H2,1-2H3;9-11H,2-8H2,1H3. The Morgan fingerprint density at radius 2 is 1.73 bits per heavy atom. The van der Waals surface area contributed by atoms with Gasteiger partial charge in [-0.15, -0.1) is 0 Å². The van der Waals surface area contributed by atoms with Crippen molar-refractivity contribution in [1.29, 1.82) is 0 Å². The fourth-order valence-electron chi connectivity index (χ4n) is 5.67. The summed E-state index contributed by atoms with van der Waals surface area (Å²) in [7, 11) is 0. The molecule has 2 fully saturated rings. The fourth-order valence-corrected chi connectivity index (χ4v) is 5.67. The maximum atomic E-state index is 13.1. The molecule has 0 heterocycles. The molecule has 4 unspecified atom stereocenters. The Hall–Kier alpha value is -0.590. The number of rotatable bonds is 5. The van der Waals surface area contributed by atoms with Crippen molar-refractivity contribution >= 4 is 0 Å². The monoisotopic (exact) mass is 362 g/mol. The van der Waals surface area contributed by atoms with Gasteiger partial charge in [0.15, 0.2) is 0 Å². The highest BCUT2D eigenvalue weighted by atomic mass is 19.1. The maximum Gasteiger partial charge on any atom is 0.0958 e. The molecule has 0 amide bonds. The van der Waals surface area contributed by atoms with Crippen LogP contribution in [0.4, 0.5) is 4.39 Å². The third kappa shape index (κ3) is 6.24. The molecule has 0 spiro atoms. The van der Waals surface area contributed by atoms with E-state index in [0.29, 0.717) is 5.92 Å². The van der Waals surface area contributed by atoms with Crippen molar-refractivity contribution in [1.82, 2.24) is 0 Å². The summed E-state index contributed by atoms with van der Waals surface area (Å²) in [5.74, 6) is 3.13. The molecule has 0 aromatic heterocycles. The molecular formula is C25H43F. The largest absolute Gasteiger partial charge is 0.212 e. The molecule has 150 valence electrons. The topological polar surface area (TPSA) is 0 Å². The highest BCUT2D eigenvalue weighted by Gasteiger charge is 2.28. The Labute approximate surface area is 162 Å². The molecule has 3 aliphatic carbocycles. The predicted octanol–water partition coefficient (Wildman–Crippen LogP) is 8.64. The second-order valence-electron chi connectivity index (χ2n) is 9.14. The first-order valence-electron chi connectivity index (χ1n) is 11.6. The summed E-state index contributed by atoms with van der Waals surface area (Å²) in [4.78, 5) is 0. The summed E-state index contributed by atoms with van der Waals surface area (Å²) in [5, 5.41) is 0. The fraction of sp³-hybridized carbons (Fsp3) is 0.840. The summed E-state index contributed by atoms with van der Waals surface area (Å²) in [6, 6.07) is 0. The van der Waals surface area contributed by atoms with E-state index in [-0.39, 0.29) is 11.7 Å². The Bertz CT molecular complexity index is 443. The van der Waals surface area contributed by atoms with Gasteiger partial charge in [-0.25, -0.2) is 4.39 Å². The van der Waals surface area contributed by atoms with Crippen LogP contribution in [-0.4, -0.2) is 0 Å². The van der Waals surface area contributed by atoms with E-state index in [1.54, 1.807) is 0 Å². The first kappa shape index (κ1) is 21.7. The smallest absolute Gasteiger partial charge is 0.0958 e. The van der Waals surface area contributed by atoms with Crippen LogP contribution >= 0.6 is 0 Å². The Kier molecular flexibility index (Phi) is 9.43. The minimum absolute atomic E-state index is 0.0584. The molecule has 0 aromatic rings. The van der Waals surface area contributed by atoms with E-state index in [2.05, 4.69) is 26.5 Å². The van der Waals surface area contributed by atoms with Crippen LogP contribution in [0, 0.1) is 29.6 Å². The summed E-state index contributed by atoms with van der Waals surface area (Å²) in [5.41, 5.74) is 1.82. The first-order valence-corrected chi connectivity index (χ1v) is 11.6. The number of fused-ring (bicyclic) bond motifs is 1. The van der Waals surface area contributed by atoms with E-state index in [4.69, 9.17) is 0 Å². The van der Waals surface area contributed by atoms with Crippen molar-refractivity contribution in [2.24, 2.45) is 29.6 Å². The van der Waals surface area contributed by atoms with Gasteiger partial charge in [0.25, 0.3) is 0 Å². The van der Waals surface area contributed by atoms with E-state index >= 15 is 0 Å². The van der Waals surface area contributed by atoms with E-state index in [1.807, 2.05) is 12.5 Å². The van der Waals surface area contributed by atoms with Crippen LogP contribution < -0.4 is 0 Å². The predicted molar refractivity (Wildman–Crippen MR) is 113 cm³/mol. The zero-order valence-electron chi connectivity index (χ0n) is 17.7. The third-order valence-corrected chi connectivity index (χ3v) is 7.52. The summed E-state index contributed by atoms with van der Waals surface area (Å²) in [6.45, 7) is 9.95. The van der Waals surface area contributed by atoms with Gasteiger partial charge in [-0.05, 0) is 62.2 Å². The van der Waals surface area contributed by atoms with E-state index < -0.39 is 0 Å². The number of hydrogen-bond acceptors (Lipinski definition) is 0. The second-order valence-corrected chi connectivity index (χ2v) is 9.14. The zero-order valence-corrected chi connectivity index (χ0v) is 17.7. The lowest BCUT2D eigenvalue weighted by Crippen LogP contribution is -2.23. The van der Waals surface area contributed by atoms with Gasteiger partial charge in [-0.2, -0.15) is 0 Å². The van der Waals surface area contributed by atoms with Gasteiger partial charge in [0.1, 0.15) is 0 Å². The van der Waals surface area contributed by atoms with Gasteiger partial charge in [0.2, 0.25) is 0 Å². The first-order chi connectivity index (χ1) is 12.6. The van der Waals surface area contributed by atoms with Gasteiger partial charge in [0.05, 0.1) is 5.83 Å². The minimum atomic E-state index is -0.123. The van der Waals surface area contributed by atoms with E-state index in [1.165, 1.54) is 77.0 Å². The van der Waals surface area contributed by atoms with Gasteiger partial charge in [-0.3, -0.25) is 0 Å². The molecule has 1 heteroatoms. The molecule has 0 radical (unpaired) electrons. The molecule has 0 aromatic carbocycles. The summed E-state index contributed by atoms with van der Waals surface area (Å²) < 4.78 is 13.1. The van der Waals surface area contributed by atoms with Crippen molar-refractivity contribution in [3.8, 4) is 0 Å². The molecule has 2 saturated carbocycles. The molecule has 0 bridgehead atoms. The number of halogens is 1. The van der Waals surface area contributed by atoms with E-state index in [0.717, 1.165) is 24.2 Å². The van der Waals surface area contributed by atoms with Crippen LogP contribution in [0.2, 0.25) is 0 Å². The van der Waals surface area contributed by atoms with Crippen LogP contribution in [0.3, 0.4) is 0 Å². The van der Waals surface area contributed by atoms with Crippen LogP contribution in [0.5, 0.6) is 0 Å². The summed E-state index contributed by atoms with van der Waals surface area (Å²) in [6.07, 6.45) is 20.5. The number of hydrogen-bond donors (Lipinski definition) is 0. The average Bonchev–Trinajstić information content (AvgIpc) is 2.69. The Morgan fingerprint density at radius 1 is 1.04 bits per heavy atom. The molecular weight excluding hydrogens is 319 g/mol. The van der Waals surface area contributed by atoms with Crippen LogP contribution in [0.1, 0.15) is 104 Å². The van der Waals surface area contributed by atoms with Crippen molar-refractivity contribution in [3.05, 3.63) is 24.1 Å². The second kappa shape index (κ2) is 11.3. The summed E-state index contributed by atoms with van der Waals surface area (Å²) >= 11 is 0. The Balaban J connectivity index is 0.000000189. The molecule has 0 saturated heterocycles. The van der Waals surface area contributed by atoms with Crippen LogP contribution in [0.25, 0.3) is 0 Å². The van der Waals surface area contributed by atoms with Gasteiger partial charge >= 0.3 is 0 Å². The molecule has 26 heavy (non-hydrogen) atoms. The highest BCUT2D eigenvalue weighted by Crippen LogP contribution is 2.39. The van der Waals surface area contributed by atoms with Gasteiger partial charge < -0.3 is 0 Å². The van der Waals surface area contributed by atoms with Crippen molar-refractivity contribution < 1.29 is 4.39 Å². The van der Waals surface area contributed by atoms with E-state index in [9.17, 15) is 4.39 Å². The molecule has 0 nitrogen and oxygen atoms in total. The lowest BCUT2D eigenvalue weighted by molar-refractivity contribution is 0.185. The van der Waals surface area contributed by atoms with Gasteiger partial charge in [0, 0.05) is 5.92 Å². The molecule has 0 N–H and O–H groups in total. The van der Waals surface area contributed by atoms with Crippen molar-refractivity contribution in [3.63, 3.8) is 0 Å². The number of allylic oxidation sites excluding steroid dienone is 3. The Morgan fingerprint density at radius 3 is 2.35 bits per heavy atom. The zero-order chi connectivity index (χ0) is 18.9. The normalized spacial score (nSPS) is 28.8. The molecule has 3 rings (SSSR count). The molecule has 0 aliphatic heterocycles. The average molecular weight is 363 g/mol. The molecule has 4 atom stereocenters. The quantitative estimate of drug-likeness (QED) is 0.429. The minimum Gasteiger partial charge on any atom is -0.212 e. The van der Waals surface area contributed by atoms with Crippen LogP contribution in [0.15, 0.2) is 24.1 Å². The van der Waals surface area contributed by atoms with Gasteiger partial charge in [-0.1, -0.05) is 83.9 Å². The van der Waals surface area contributed by atoms with Crippen molar-refractivity contribution in [2.45, 2.75) is 104 Å². The molecule has 3 aliphatic rings. The lowest BCUT2D eigenvalue weighted by Gasteiger charge is -2.33.